The Balaban J connectivity index is 2.16. The smallest absolute Gasteiger partial charge is 0.211 e. The van der Waals surface area contributed by atoms with Crippen molar-refractivity contribution < 1.29 is 0 Å². The zero-order valence-corrected chi connectivity index (χ0v) is 10.5. The van der Waals surface area contributed by atoms with Crippen LogP contribution in [0.2, 0.25) is 0 Å². The van der Waals surface area contributed by atoms with E-state index in [9.17, 15) is 4.79 Å². The molecule has 1 aromatic carbocycles. The van der Waals surface area contributed by atoms with Gasteiger partial charge in [0, 0.05) is 17.7 Å². The molecule has 5 heteroatoms. The van der Waals surface area contributed by atoms with Crippen molar-refractivity contribution in [3.05, 3.63) is 57.4 Å². The second-order valence-electron chi connectivity index (χ2n) is 4.57. The van der Waals surface area contributed by atoms with Crippen molar-refractivity contribution in [3.8, 4) is 0 Å². The highest BCUT2D eigenvalue weighted by molar-refractivity contribution is 5.74. The number of aromatic amines is 2. The number of anilines is 1. The van der Waals surface area contributed by atoms with Gasteiger partial charge in [-0.15, -0.1) is 0 Å². The summed E-state index contributed by atoms with van der Waals surface area (Å²) in [7, 11) is 0. The lowest BCUT2D eigenvalue weighted by atomic mass is 10.0. The van der Waals surface area contributed by atoms with E-state index in [1.807, 2.05) is 37.3 Å². The Morgan fingerprint density at radius 2 is 1.95 bits per heavy atom. The highest BCUT2D eigenvalue weighted by Gasteiger charge is 2.12. The molecule has 0 bridgehead atoms. The summed E-state index contributed by atoms with van der Waals surface area (Å²) in [5.41, 5.74) is 9.16. The van der Waals surface area contributed by atoms with Gasteiger partial charge in [-0.25, -0.2) is 0 Å². The largest absolute Gasteiger partial charge is 0.369 e. The first kappa shape index (κ1) is 11.5. The number of hydrogen-bond acceptors (Lipinski definition) is 3. The average Bonchev–Trinajstić information content (AvgIpc) is 2.76. The van der Waals surface area contributed by atoms with Gasteiger partial charge in [-0.05, 0) is 12.5 Å². The standard InChI is InChI=1S/C14H14N4O/c1-8-10(7-9-5-3-2-4-6-9)12(19)11-13(16-8)18-14(15)17-11/h2-6H,7H2,1H3,(H4,15,16,17,18,19). The molecule has 0 saturated heterocycles. The lowest BCUT2D eigenvalue weighted by molar-refractivity contribution is 1.08. The molecular formula is C14H14N4O. The van der Waals surface area contributed by atoms with Crippen molar-refractivity contribution in [1.29, 1.82) is 0 Å². The molecule has 5 nitrogen and oxygen atoms in total. The first-order chi connectivity index (χ1) is 9.15. The van der Waals surface area contributed by atoms with Crippen LogP contribution < -0.4 is 11.2 Å². The molecule has 0 spiro atoms. The predicted molar refractivity (Wildman–Crippen MR) is 75.1 cm³/mol. The van der Waals surface area contributed by atoms with E-state index in [1.165, 1.54) is 0 Å². The molecule has 0 aliphatic heterocycles. The van der Waals surface area contributed by atoms with Gasteiger partial charge < -0.3 is 15.7 Å². The van der Waals surface area contributed by atoms with Crippen molar-refractivity contribution in [1.82, 2.24) is 15.0 Å². The van der Waals surface area contributed by atoms with Gasteiger partial charge in [0.15, 0.2) is 11.6 Å². The number of nitrogens with one attached hydrogen (secondary N) is 2. The first-order valence-corrected chi connectivity index (χ1v) is 6.06. The maximum absolute atomic E-state index is 12.4. The number of imidazole rings is 1. The Hall–Kier alpha value is -2.56. The number of pyridine rings is 1. The van der Waals surface area contributed by atoms with Crippen LogP contribution >= 0.6 is 0 Å². The number of nitrogens with two attached hydrogens (primary N) is 1. The van der Waals surface area contributed by atoms with Crippen LogP contribution in [0.25, 0.3) is 11.2 Å². The number of aromatic nitrogens is 3. The van der Waals surface area contributed by atoms with E-state index in [1.54, 1.807) is 0 Å². The fourth-order valence-corrected chi connectivity index (χ4v) is 2.23. The molecule has 2 heterocycles. The second kappa shape index (κ2) is 4.28. The molecule has 0 amide bonds. The number of rotatable bonds is 2. The monoisotopic (exact) mass is 254 g/mol. The number of aryl methyl sites for hydroxylation is 1. The van der Waals surface area contributed by atoms with Crippen molar-refractivity contribution in [2.45, 2.75) is 13.3 Å². The predicted octanol–water partition coefficient (Wildman–Crippen LogP) is 1.73. The first-order valence-electron chi connectivity index (χ1n) is 6.06. The lowest BCUT2D eigenvalue weighted by Crippen LogP contribution is -2.13. The summed E-state index contributed by atoms with van der Waals surface area (Å²) in [5.74, 6) is 0.250. The SMILES string of the molecule is Cc1[nH]c2nc(N)[nH]c2c(=O)c1Cc1ccccc1. The summed E-state index contributed by atoms with van der Waals surface area (Å²) in [6, 6.07) is 9.89. The Morgan fingerprint density at radius 1 is 1.21 bits per heavy atom. The highest BCUT2D eigenvalue weighted by Crippen LogP contribution is 2.13. The molecule has 3 rings (SSSR count). The van der Waals surface area contributed by atoms with Crippen LogP contribution in [0.15, 0.2) is 35.1 Å². The third kappa shape index (κ3) is 1.99. The van der Waals surface area contributed by atoms with E-state index >= 15 is 0 Å². The van der Waals surface area contributed by atoms with Crippen LogP contribution in [0.3, 0.4) is 0 Å². The maximum atomic E-state index is 12.4. The number of H-pyrrole nitrogens is 2. The van der Waals surface area contributed by atoms with E-state index in [0.717, 1.165) is 16.8 Å². The molecule has 96 valence electrons. The number of nitrogen functional groups attached to an aromatic ring is 1. The molecule has 0 saturated carbocycles. The summed E-state index contributed by atoms with van der Waals surface area (Å²) >= 11 is 0. The van der Waals surface area contributed by atoms with Crippen molar-refractivity contribution >= 4 is 17.1 Å². The Bertz CT molecular complexity index is 786. The third-order valence-corrected chi connectivity index (χ3v) is 3.21. The van der Waals surface area contributed by atoms with Crippen LogP contribution in [-0.4, -0.2) is 15.0 Å². The van der Waals surface area contributed by atoms with Crippen molar-refractivity contribution in [2.75, 3.05) is 5.73 Å². The van der Waals surface area contributed by atoms with Crippen LogP contribution in [-0.2, 0) is 6.42 Å². The number of fused-ring (bicyclic) bond motifs is 1. The molecule has 0 aliphatic carbocycles. The normalized spacial score (nSPS) is 11.0. The van der Waals surface area contributed by atoms with Gasteiger partial charge >= 0.3 is 0 Å². The second-order valence-corrected chi connectivity index (χ2v) is 4.57. The summed E-state index contributed by atoms with van der Waals surface area (Å²) in [6.07, 6.45) is 0.594. The molecular weight excluding hydrogens is 240 g/mol. The minimum atomic E-state index is -0.0423. The number of hydrogen-bond donors (Lipinski definition) is 3. The van der Waals surface area contributed by atoms with Crippen LogP contribution in [0.5, 0.6) is 0 Å². The zero-order chi connectivity index (χ0) is 13.4. The maximum Gasteiger partial charge on any atom is 0.211 e. The average molecular weight is 254 g/mol. The summed E-state index contributed by atoms with van der Waals surface area (Å²) in [6.45, 7) is 1.88. The fraction of sp³-hybridized carbons (Fsp3) is 0.143. The van der Waals surface area contributed by atoms with E-state index in [2.05, 4.69) is 15.0 Å². The van der Waals surface area contributed by atoms with E-state index < -0.39 is 0 Å². The molecule has 0 unspecified atom stereocenters. The molecule has 4 N–H and O–H groups in total. The fourth-order valence-electron chi connectivity index (χ4n) is 2.23. The molecule has 0 atom stereocenters. The molecule has 2 aromatic heterocycles. The van der Waals surface area contributed by atoms with Gasteiger partial charge in [0.2, 0.25) is 5.43 Å². The summed E-state index contributed by atoms with van der Waals surface area (Å²) in [5, 5.41) is 0. The molecule has 0 aliphatic rings. The molecule has 0 radical (unpaired) electrons. The van der Waals surface area contributed by atoms with Gasteiger partial charge in [-0.3, -0.25) is 4.79 Å². The minimum absolute atomic E-state index is 0.0423. The van der Waals surface area contributed by atoms with Gasteiger partial charge in [0.1, 0.15) is 5.52 Å². The van der Waals surface area contributed by atoms with Crippen molar-refractivity contribution in [2.24, 2.45) is 0 Å². The van der Waals surface area contributed by atoms with Gasteiger partial charge in [0.05, 0.1) is 0 Å². The zero-order valence-electron chi connectivity index (χ0n) is 10.5. The van der Waals surface area contributed by atoms with Crippen LogP contribution in [0.4, 0.5) is 5.95 Å². The summed E-state index contributed by atoms with van der Waals surface area (Å²) in [4.78, 5) is 22.4. The Morgan fingerprint density at radius 3 is 2.68 bits per heavy atom. The van der Waals surface area contributed by atoms with Crippen LogP contribution in [0.1, 0.15) is 16.8 Å². The number of nitrogens with zero attached hydrogens (tertiary/aromatic N) is 1. The van der Waals surface area contributed by atoms with E-state index in [0.29, 0.717) is 17.6 Å². The molecule has 0 fully saturated rings. The quantitative estimate of drug-likeness (QED) is 0.650. The minimum Gasteiger partial charge on any atom is -0.369 e. The van der Waals surface area contributed by atoms with E-state index in [-0.39, 0.29) is 11.4 Å². The number of benzene rings is 1. The van der Waals surface area contributed by atoms with Gasteiger partial charge in [-0.1, -0.05) is 30.3 Å². The molecule has 19 heavy (non-hydrogen) atoms. The molecule has 3 aromatic rings. The van der Waals surface area contributed by atoms with E-state index in [4.69, 9.17) is 5.73 Å². The Kier molecular flexibility index (Phi) is 2.59. The Labute approximate surface area is 109 Å². The topological polar surface area (TPSA) is 87.6 Å². The highest BCUT2D eigenvalue weighted by atomic mass is 16.1. The van der Waals surface area contributed by atoms with Crippen molar-refractivity contribution in [3.63, 3.8) is 0 Å². The van der Waals surface area contributed by atoms with Gasteiger partial charge in [0.25, 0.3) is 0 Å². The summed E-state index contributed by atoms with van der Waals surface area (Å²) < 4.78 is 0. The third-order valence-electron chi connectivity index (χ3n) is 3.21. The van der Waals surface area contributed by atoms with Crippen LogP contribution in [0, 0.1) is 6.92 Å². The van der Waals surface area contributed by atoms with Gasteiger partial charge in [-0.2, -0.15) is 4.98 Å². The lowest BCUT2D eigenvalue weighted by Gasteiger charge is -2.05.